The number of anilines is 1. The molecule has 41 heavy (non-hydrogen) atoms. The van der Waals surface area contributed by atoms with Crippen molar-refractivity contribution in [3.8, 4) is 5.69 Å². The Balaban J connectivity index is 1.26. The van der Waals surface area contributed by atoms with Crippen LogP contribution >= 0.6 is 11.8 Å². The van der Waals surface area contributed by atoms with Crippen molar-refractivity contribution in [1.82, 2.24) is 24.4 Å². The van der Waals surface area contributed by atoms with Crippen molar-refractivity contribution in [3.63, 3.8) is 0 Å². The van der Waals surface area contributed by atoms with Crippen molar-refractivity contribution in [2.75, 3.05) is 24.2 Å². The minimum atomic E-state index is -3.57. The zero-order chi connectivity index (χ0) is 28.8. The number of nitrogens with zero attached hydrogens (tertiary/aromatic N) is 4. The second-order valence-corrected chi connectivity index (χ2v) is 12.1. The van der Waals surface area contributed by atoms with Crippen LogP contribution in [0.25, 0.3) is 5.69 Å². The number of carbonyl (C=O) groups is 2. The first-order valence-electron chi connectivity index (χ1n) is 12.9. The molecule has 2 amide bonds. The van der Waals surface area contributed by atoms with Crippen LogP contribution in [-0.2, 0) is 21.4 Å². The molecule has 4 aromatic rings. The van der Waals surface area contributed by atoms with E-state index in [2.05, 4.69) is 20.8 Å². The Morgan fingerprint density at radius 3 is 2.29 bits per heavy atom. The van der Waals surface area contributed by atoms with Crippen LogP contribution in [0.5, 0.6) is 0 Å². The van der Waals surface area contributed by atoms with Gasteiger partial charge in [-0.2, -0.15) is 4.31 Å². The molecule has 13 heteroatoms. The first-order chi connectivity index (χ1) is 19.8. The van der Waals surface area contributed by atoms with Crippen LogP contribution in [0.2, 0.25) is 0 Å². The number of hydrogen-bond donors (Lipinski definition) is 2. The Labute approximate surface area is 241 Å². The van der Waals surface area contributed by atoms with Crippen molar-refractivity contribution in [2.24, 2.45) is 0 Å². The highest BCUT2D eigenvalue weighted by Gasteiger charge is 2.27. The van der Waals surface area contributed by atoms with Crippen molar-refractivity contribution >= 4 is 39.3 Å². The molecule has 2 N–H and O–H groups in total. The fraction of sp³-hybridized carbons (Fsp3) is 0.214. The molecule has 1 saturated heterocycles. The Bertz CT molecular complexity index is 1640. The average Bonchev–Trinajstić information content (AvgIpc) is 3.68. The Kier molecular flexibility index (Phi) is 8.76. The highest BCUT2D eigenvalue weighted by molar-refractivity contribution is 7.99. The third kappa shape index (κ3) is 6.64. The lowest BCUT2D eigenvalue weighted by Gasteiger charge is -2.15. The van der Waals surface area contributed by atoms with E-state index in [1.54, 1.807) is 10.6 Å². The standard InChI is InChI=1S/C28H27FN6O4S2/c29-23-10-4-5-11-24(23)31-26(36)19-40-28-33-32-25(35(28)21-8-2-1-3-9-21)18-30-27(37)20-12-14-22(15-13-20)41(38,39)34-16-6-7-17-34/h1-5,8-15H,6-7,16-19H2,(H,30,37)(H,31,36). The first kappa shape index (κ1) is 28.5. The van der Waals surface area contributed by atoms with Crippen molar-refractivity contribution in [2.45, 2.75) is 29.4 Å². The van der Waals surface area contributed by atoms with E-state index in [-0.39, 0.29) is 22.9 Å². The minimum Gasteiger partial charge on any atom is -0.345 e. The van der Waals surface area contributed by atoms with Gasteiger partial charge in [-0.15, -0.1) is 10.2 Å². The second-order valence-electron chi connectivity index (χ2n) is 9.20. The molecule has 2 heterocycles. The number of amides is 2. The molecule has 1 aliphatic rings. The van der Waals surface area contributed by atoms with Crippen LogP contribution in [-0.4, -0.2) is 58.1 Å². The fourth-order valence-electron chi connectivity index (χ4n) is 4.34. The molecule has 0 aliphatic carbocycles. The SMILES string of the molecule is O=C(CSc1nnc(CNC(=O)c2ccc(S(=O)(=O)N3CCCC3)cc2)n1-c1ccccc1)Nc1ccccc1F. The molecule has 3 aromatic carbocycles. The van der Waals surface area contributed by atoms with Gasteiger partial charge in [0.15, 0.2) is 11.0 Å². The van der Waals surface area contributed by atoms with E-state index in [0.29, 0.717) is 29.6 Å². The van der Waals surface area contributed by atoms with E-state index in [0.717, 1.165) is 30.3 Å². The predicted molar refractivity (Wildman–Crippen MR) is 153 cm³/mol. The molecule has 1 aromatic heterocycles. The van der Waals surface area contributed by atoms with Gasteiger partial charge in [0.05, 0.1) is 22.9 Å². The number of thioether (sulfide) groups is 1. The molecular weight excluding hydrogens is 567 g/mol. The van der Waals surface area contributed by atoms with Gasteiger partial charge in [-0.3, -0.25) is 14.2 Å². The molecule has 5 rings (SSSR count). The van der Waals surface area contributed by atoms with E-state index in [1.165, 1.54) is 46.8 Å². The van der Waals surface area contributed by atoms with Gasteiger partial charge in [-0.25, -0.2) is 12.8 Å². The van der Waals surface area contributed by atoms with Crippen LogP contribution in [0.1, 0.15) is 29.0 Å². The molecule has 0 radical (unpaired) electrons. The number of rotatable bonds is 10. The van der Waals surface area contributed by atoms with Gasteiger partial charge >= 0.3 is 0 Å². The van der Waals surface area contributed by atoms with E-state index < -0.39 is 27.7 Å². The van der Waals surface area contributed by atoms with Crippen LogP contribution in [0.4, 0.5) is 10.1 Å². The van der Waals surface area contributed by atoms with Gasteiger partial charge < -0.3 is 10.6 Å². The molecular formula is C28H27FN6O4S2. The van der Waals surface area contributed by atoms with Gasteiger partial charge in [0.25, 0.3) is 5.91 Å². The largest absolute Gasteiger partial charge is 0.345 e. The van der Waals surface area contributed by atoms with E-state index in [1.807, 2.05) is 30.3 Å². The molecule has 212 valence electrons. The summed E-state index contributed by atoms with van der Waals surface area (Å²) in [5.41, 5.74) is 1.12. The third-order valence-electron chi connectivity index (χ3n) is 6.42. The number of para-hydroxylation sites is 2. The maximum Gasteiger partial charge on any atom is 0.251 e. The molecule has 0 spiro atoms. The molecule has 1 aliphatic heterocycles. The number of nitrogens with one attached hydrogen (secondary N) is 2. The minimum absolute atomic E-state index is 0.0243. The fourth-order valence-corrected chi connectivity index (χ4v) is 6.63. The van der Waals surface area contributed by atoms with Crippen molar-refractivity contribution in [3.05, 3.63) is 96.1 Å². The average molecular weight is 595 g/mol. The summed E-state index contributed by atoms with van der Waals surface area (Å²) in [5.74, 6) is -0.962. The van der Waals surface area contributed by atoms with E-state index >= 15 is 0 Å². The number of hydrogen-bond acceptors (Lipinski definition) is 7. The van der Waals surface area contributed by atoms with Gasteiger partial charge in [-0.1, -0.05) is 42.1 Å². The van der Waals surface area contributed by atoms with Crippen LogP contribution in [0, 0.1) is 5.82 Å². The molecule has 1 fully saturated rings. The predicted octanol–water partition coefficient (Wildman–Crippen LogP) is 3.85. The van der Waals surface area contributed by atoms with Crippen molar-refractivity contribution < 1.29 is 22.4 Å². The number of sulfonamides is 1. The van der Waals surface area contributed by atoms with Crippen LogP contribution < -0.4 is 10.6 Å². The summed E-state index contributed by atoms with van der Waals surface area (Å²) in [6.07, 6.45) is 1.68. The van der Waals surface area contributed by atoms with Crippen LogP contribution in [0.3, 0.4) is 0 Å². The zero-order valence-corrected chi connectivity index (χ0v) is 23.5. The lowest BCUT2D eigenvalue weighted by Crippen LogP contribution is -2.28. The van der Waals surface area contributed by atoms with Crippen molar-refractivity contribution in [1.29, 1.82) is 0 Å². The highest BCUT2D eigenvalue weighted by Crippen LogP contribution is 2.24. The van der Waals surface area contributed by atoms with Crippen LogP contribution in [0.15, 0.2) is 88.9 Å². The zero-order valence-electron chi connectivity index (χ0n) is 21.9. The number of benzene rings is 3. The first-order valence-corrected chi connectivity index (χ1v) is 15.3. The summed E-state index contributed by atoms with van der Waals surface area (Å²) in [6, 6.07) is 21.0. The second kappa shape index (κ2) is 12.6. The summed E-state index contributed by atoms with van der Waals surface area (Å²) in [4.78, 5) is 25.5. The highest BCUT2D eigenvalue weighted by atomic mass is 32.2. The summed E-state index contributed by atoms with van der Waals surface area (Å²) in [7, 11) is -3.57. The maximum absolute atomic E-state index is 13.9. The molecule has 0 atom stereocenters. The quantitative estimate of drug-likeness (QED) is 0.267. The Morgan fingerprint density at radius 2 is 1.59 bits per heavy atom. The smallest absolute Gasteiger partial charge is 0.251 e. The van der Waals surface area contributed by atoms with Gasteiger partial charge in [0.2, 0.25) is 15.9 Å². The molecule has 10 nitrogen and oxygen atoms in total. The lowest BCUT2D eigenvalue weighted by molar-refractivity contribution is -0.113. The third-order valence-corrected chi connectivity index (χ3v) is 9.26. The Hall–Kier alpha value is -4.07. The number of halogens is 1. The summed E-state index contributed by atoms with van der Waals surface area (Å²) >= 11 is 1.12. The molecule has 0 bridgehead atoms. The lowest BCUT2D eigenvalue weighted by atomic mass is 10.2. The summed E-state index contributed by atoms with van der Waals surface area (Å²) in [6.45, 7) is 1.03. The maximum atomic E-state index is 13.9. The normalized spacial score (nSPS) is 13.7. The van der Waals surface area contributed by atoms with Gasteiger partial charge in [0, 0.05) is 24.3 Å². The summed E-state index contributed by atoms with van der Waals surface area (Å²) < 4.78 is 42.6. The Morgan fingerprint density at radius 1 is 0.902 bits per heavy atom. The monoisotopic (exact) mass is 594 g/mol. The number of aromatic nitrogens is 3. The number of carbonyl (C=O) groups excluding carboxylic acids is 2. The van der Waals surface area contributed by atoms with E-state index in [9.17, 15) is 22.4 Å². The van der Waals surface area contributed by atoms with Gasteiger partial charge in [-0.05, 0) is 61.4 Å². The summed E-state index contributed by atoms with van der Waals surface area (Å²) in [5, 5.41) is 14.2. The van der Waals surface area contributed by atoms with E-state index in [4.69, 9.17) is 0 Å². The molecule has 0 unspecified atom stereocenters. The van der Waals surface area contributed by atoms with Gasteiger partial charge in [0.1, 0.15) is 5.82 Å². The topological polar surface area (TPSA) is 126 Å². The molecule has 0 saturated carbocycles.